The fourth-order valence-corrected chi connectivity index (χ4v) is 3.38. The molecule has 0 aromatic carbocycles. The molecule has 0 bridgehead atoms. The van der Waals surface area contributed by atoms with Gasteiger partial charge in [0.1, 0.15) is 0 Å². The van der Waals surface area contributed by atoms with Crippen LogP contribution in [0, 0.1) is 5.41 Å². The first-order valence-electron chi connectivity index (χ1n) is 4.06. The molecule has 2 aliphatic rings. The second kappa shape index (κ2) is 2.42. The monoisotopic (exact) mass is 194 g/mol. The Balaban J connectivity index is 2.09. The number of halogens is 1. The molecule has 1 aliphatic carbocycles. The normalized spacial score (nSPS) is 33.6. The van der Waals surface area contributed by atoms with Crippen molar-refractivity contribution in [3.05, 3.63) is 0 Å². The van der Waals surface area contributed by atoms with Crippen LogP contribution in [0.25, 0.3) is 0 Å². The predicted molar refractivity (Wildman–Crippen MR) is 40.9 cm³/mol. The lowest BCUT2D eigenvalue weighted by molar-refractivity contribution is 0.0581. The van der Waals surface area contributed by atoms with Gasteiger partial charge in [-0.25, -0.2) is 0 Å². The third-order valence-corrected chi connectivity index (χ3v) is 4.29. The average molecular weight is 194 g/mol. The number of rotatable bonds is 1. The summed E-state index contributed by atoms with van der Waals surface area (Å²) < 4.78 is 38.7. The maximum absolute atomic E-state index is 12.5. The van der Waals surface area contributed by atoms with Crippen molar-refractivity contribution in [3.63, 3.8) is 0 Å². The Hall–Kier alpha value is -0.160. The van der Waals surface area contributed by atoms with Crippen molar-refractivity contribution in [1.29, 1.82) is 0 Å². The second-order valence-electron chi connectivity index (χ2n) is 3.64. The molecule has 3 nitrogen and oxygen atoms in total. The molecule has 0 radical (unpaired) electrons. The van der Waals surface area contributed by atoms with Gasteiger partial charge in [0.15, 0.2) is 0 Å². The molecule has 12 heavy (non-hydrogen) atoms. The molecule has 1 unspecified atom stereocenters. The van der Waals surface area contributed by atoms with Gasteiger partial charge in [-0.05, 0) is 24.7 Å². The summed E-state index contributed by atoms with van der Waals surface area (Å²) in [5.41, 5.74) is -0.258. The summed E-state index contributed by atoms with van der Waals surface area (Å²) in [6.07, 6.45) is 1.89. The molecule has 70 valence electrons. The van der Waals surface area contributed by atoms with Gasteiger partial charge in [0.05, 0.1) is 5.25 Å². The second-order valence-corrected chi connectivity index (χ2v) is 5.16. The van der Waals surface area contributed by atoms with Crippen molar-refractivity contribution in [2.75, 3.05) is 13.2 Å². The van der Waals surface area contributed by atoms with Crippen molar-refractivity contribution in [1.82, 2.24) is 0 Å². The summed E-state index contributed by atoms with van der Waals surface area (Å²) in [6.45, 7) is 1.15. The van der Waals surface area contributed by atoms with Crippen molar-refractivity contribution < 1.29 is 17.0 Å². The molecule has 1 spiro atoms. The average Bonchev–Trinajstić information content (AvgIpc) is 2.65. The summed E-state index contributed by atoms with van der Waals surface area (Å²) in [4.78, 5) is 0. The van der Waals surface area contributed by atoms with E-state index in [0.29, 0.717) is 32.5 Å². The summed E-state index contributed by atoms with van der Waals surface area (Å²) >= 11 is 0. The van der Waals surface area contributed by atoms with E-state index in [0.717, 1.165) is 0 Å². The van der Waals surface area contributed by atoms with Crippen molar-refractivity contribution in [2.24, 2.45) is 5.41 Å². The first kappa shape index (κ1) is 8.44. The van der Waals surface area contributed by atoms with Crippen LogP contribution in [0.4, 0.5) is 3.89 Å². The quantitative estimate of drug-likeness (QED) is 0.581. The van der Waals surface area contributed by atoms with Gasteiger partial charge in [-0.1, -0.05) is 0 Å². The van der Waals surface area contributed by atoms with E-state index < -0.39 is 15.5 Å². The van der Waals surface area contributed by atoms with E-state index in [9.17, 15) is 12.3 Å². The van der Waals surface area contributed by atoms with Crippen molar-refractivity contribution in [3.8, 4) is 0 Å². The Morgan fingerprint density at radius 2 is 1.92 bits per heavy atom. The van der Waals surface area contributed by atoms with Crippen LogP contribution in [0.15, 0.2) is 0 Å². The van der Waals surface area contributed by atoms with E-state index in [2.05, 4.69) is 0 Å². The molecule has 0 aromatic heterocycles. The van der Waals surface area contributed by atoms with E-state index >= 15 is 0 Å². The maximum atomic E-state index is 12.5. The molecule has 1 atom stereocenters. The fraction of sp³-hybridized carbons (Fsp3) is 1.00. The van der Waals surface area contributed by atoms with Crippen LogP contribution in [-0.4, -0.2) is 26.9 Å². The van der Waals surface area contributed by atoms with E-state index in [1.54, 1.807) is 0 Å². The van der Waals surface area contributed by atoms with Crippen LogP contribution >= 0.6 is 0 Å². The SMILES string of the molecule is O=S(=O)(F)C1CC12CCOCC2. The number of ether oxygens (including phenoxy) is 1. The lowest BCUT2D eigenvalue weighted by Crippen LogP contribution is -2.22. The zero-order valence-electron chi connectivity index (χ0n) is 6.62. The van der Waals surface area contributed by atoms with E-state index in [4.69, 9.17) is 4.74 Å². The third kappa shape index (κ3) is 1.25. The van der Waals surface area contributed by atoms with Gasteiger partial charge in [-0.15, -0.1) is 3.89 Å². The van der Waals surface area contributed by atoms with Crippen LogP contribution in [-0.2, 0) is 15.0 Å². The van der Waals surface area contributed by atoms with Gasteiger partial charge in [0.2, 0.25) is 0 Å². The van der Waals surface area contributed by atoms with Crippen LogP contribution in [0.1, 0.15) is 19.3 Å². The van der Waals surface area contributed by atoms with Gasteiger partial charge in [0, 0.05) is 13.2 Å². The summed E-state index contributed by atoms with van der Waals surface area (Å²) in [5.74, 6) is 0. The Morgan fingerprint density at radius 3 is 2.33 bits per heavy atom. The summed E-state index contributed by atoms with van der Waals surface area (Å²) in [6, 6.07) is 0. The minimum absolute atomic E-state index is 0.258. The minimum Gasteiger partial charge on any atom is -0.381 e. The standard InChI is InChI=1S/C7H11FO3S/c8-12(9,10)6-5-7(6)1-3-11-4-2-7/h6H,1-5H2. The highest BCUT2D eigenvalue weighted by molar-refractivity contribution is 7.87. The van der Waals surface area contributed by atoms with Crippen LogP contribution in [0.5, 0.6) is 0 Å². The molecule has 2 fully saturated rings. The molecule has 0 aromatic rings. The van der Waals surface area contributed by atoms with E-state index in [1.807, 2.05) is 0 Å². The van der Waals surface area contributed by atoms with Crippen LogP contribution in [0.2, 0.25) is 0 Å². The Morgan fingerprint density at radius 1 is 1.33 bits per heavy atom. The van der Waals surface area contributed by atoms with Gasteiger partial charge >= 0.3 is 10.2 Å². The van der Waals surface area contributed by atoms with Gasteiger partial charge < -0.3 is 4.74 Å². The molecule has 1 saturated carbocycles. The fourth-order valence-electron chi connectivity index (χ4n) is 2.01. The molecular formula is C7H11FO3S. The van der Waals surface area contributed by atoms with E-state index in [1.165, 1.54) is 0 Å². The van der Waals surface area contributed by atoms with Crippen molar-refractivity contribution in [2.45, 2.75) is 24.5 Å². The molecule has 2 rings (SSSR count). The zero-order valence-corrected chi connectivity index (χ0v) is 7.44. The highest BCUT2D eigenvalue weighted by Gasteiger charge is 2.61. The highest BCUT2D eigenvalue weighted by Crippen LogP contribution is 2.57. The zero-order chi connectivity index (χ0) is 8.82. The number of hydrogen-bond donors (Lipinski definition) is 0. The third-order valence-electron chi connectivity index (χ3n) is 2.94. The van der Waals surface area contributed by atoms with Gasteiger partial charge in [-0.3, -0.25) is 0 Å². The van der Waals surface area contributed by atoms with Crippen LogP contribution < -0.4 is 0 Å². The maximum Gasteiger partial charge on any atom is 0.305 e. The van der Waals surface area contributed by atoms with Crippen molar-refractivity contribution >= 4 is 10.2 Å². The Labute approximate surface area is 71.1 Å². The van der Waals surface area contributed by atoms with Crippen LogP contribution in [0.3, 0.4) is 0 Å². The lowest BCUT2D eigenvalue weighted by Gasteiger charge is -2.21. The highest BCUT2D eigenvalue weighted by atomic mass is 32.3. The van der Waals surface area contributed by atoms with E-state index in [-0.39, 0.29) is 5.41 Å². The molecule has 5 heteroatoms. The molecule has 1 saturated heterocycles. The molecule has 0 N–H and O–H groups in total. The molecular weight excluding hydrogens is 183 g/mol. The molecule has 0 amide bonds. The first-order valence-corrected chi connectivity index (χ1v) is 5.50. The molecule has 1 aliphatic heterocycles. The summed E-state index contributed by atoms with van der Waals surface area (Å²) in [7, 11) is -4.29. The first-order chi connectivity index (χ1) is 5.55. The Kier molecular flexibility index (Phi) is 1.70. The largest absolute Gasteiger partial charge is 0.381 e. The van der Waals surface area contributed by atoms with Gasteiger partial charge in [0.25, 0.3) is 0 Å². The topological polar surface area (TPSA) is 43.4 Å². The Bertz CT molecular complexity index is 279. The summed E-state index contributed by atoms with van der Waals surface area (Å²) in [5, 5.41) is -0.728. The van der Waals surface area contributed by atoms with Gasteiger partial charge in [-0.2, -0.15) is 8.42 Å². The smallest absolute Gasteiger partial charge is 0.305 e. The predicted octanol–water partition coefficient (Wildman–Crippen LogP) is 0.855. The number of hydrogen-bond acceptors (Lipinski definition) is 3. The lowest BCUT2D eigenvalue weighted by atomic mass is 9.97. The molecule has 1 heterocycles. The minimum atomic E-state index is -4.29.